The van der Waals surface area contributed by atoms with Gasteiger partial charge >= 0.3 is 0 Å². The van der Waals surface area contributed by atoms with E-state index in [0.717, 1.165) is 43.6 Å². The van der Waals surface area contributed by atoms with Crippen molar-refractivity contribution in [1.82, 2.24) is 9.55 Å². The van der Waals surface area contributed by atoms with Gasteiger partial charge in [-0.15, -0.1) is 0 Å². The largest absolute Gasteiger partial charge is 0.388 e. The molecule has 6 nitrogen and oxygen atoms in total. The molecule has 6 rings (SSSR count). The van der Waals surface area contributed by atoms with Crippen molar-refractivity contribution in [3.8, 4) is 0 Å². The number of halogens is 2. The molecule has 5 unspecified atom stereocenters. The number of aromatic amines is 1. The Hall–Kier alpha value is -2.32. The Kier molecular flexibility index (Phi) is 4.50. The molecular weight excluding hydrogens is 451 g/mol. The van der Waals surface area contributed by atoms with E-state index in [1.165, 1.54) is 0 Å². The first kappa shape index (κ1) is 20.3. The van der Waals surface area contributed by atoms with Crippen molar-refractivity contribution < 1.29 is 20.1 Å². The van der Waals surface area contributed by atoms with Crippen LogP contribution < -0.4 is 0 Å². The summed E-state index contributed by atoms with van der Waals surface area (Å²) < 4.78 is 7.93. The van der Waals surface area contributed by atoms with E-state index in [1.54, 1.807) is 13.0 Å². The summed E-state index contributed by atoms with van der Waals surface area (Å²) in [5.74, 6) is 0. The van der Waals surface area contributed by atoms with Crippen molar-refractivity contribution in [2.24, 2.45) is 0 Å². The summed E-state index contributed by atoms with van der Waals surface area (Å²) >= 11 is 12.6. The second-order valence-corrected chi connectivity index (χ2v) is 9.31. The van der Waals surface area contributed by atoms with Crippen LogP contribution in [0.25, 0.3) is 43.6 Å². The number of H-pyrrole nitrogens is 1. The minimum atomic E-state index is -1.34. The molecule has 3 aromatic carbocycles. The van der Waals surface area contributed by atoms with Crippen molar-refractivity contribution in [3.05, 3.63) is 58.6 Å². The van der Waals surface area contributed by atoms with E-state index in [9.17, 15) is 15.3 Å². The molecular formula is C24H20Cl2N2O4. The van der Waals surface area contributed by atoms with Gasteiger partial charge in [0.25, 0.3) is 0 Å². The maximum Gasteiger partial charge on any atom is 0.163 e. The lowest BCUT2D eigenvalue weighted by atomic mass is 9.99. The third-order valence-electron chi connectivity index (χ3n) is 6.54. The first-order valence-corrected chi connectivity index (χ1v) is 11.1. The predicted octanol–water partition coefficient (Wildman–Crippen LogP) is 4.74. The van der Waals surface area contributed by atoms with Gasteiger partial charge in [-0.3, -0.25) is 0 Å². The number of nitrogens with one attached hydrogen (secondary N) is 1. The molecule has 1 fully saturated rings. The van der Waals surface area contributed by atoms with Crippen molar-refractivity contribution in [3.63, 3.8) is 0 Å². The molecule has 5 aromatic rings. The van der Waals surface area contributed by atoms with Crippen molar-refractivity contribution in [1.29, 1.82) is 0 Å². The highest BCUT2D eigenvalue weighted by molar-refractivity contribution is 6.33. The van der Waals surface area contributed by atoms with E-state index >= 15 is 0 Å². The maximum atomic E-state index is 10.9. The number of hydrogen-bond donors (Lipinski definition) is 4. The molecule has 32 heavy (non-hydrogen) atoms. The first-order valence-electron chi connectivity index (χ1n) is 10.4. The number of hydrogen-bond acceptors (Lipinski definition) is 4. The van der Waals surface area contributed by atoms with Gasteiger partial charge in [0.2, 0.25) is 0 Å². The monoisotopic (exact) mass is 470 g/mol. The number of rotatable bonds is 1. The van der Waals surface area contributed by atoms with Crippen molar-refractivity contribution in [2.45, 2.75) is 37.6 Å². The van der Waals surface area contributed by atoms with Gasteiger partial charge in [0.15, 0.2) is 6.23 Å². The summed E-state index contributed by atoms with van der Waals surface area (Å²) in [5, 5.41) is 36.6. The molecule has 0 amide bonds. The second kappa shape index (κ2) is 7.09. The highest BCUT2D eigenvalue weighted by atomic mass is 35.5. The second-order valence-electron chi connectivity index (χ2n) is 8.43. The van der Waals surface area contributed by atoms with Crippen LogP contribution in [-0.4, -0.2) is 49.3 Å². The Balaban J connectivity index is 1.75. The summed E-state index contributed by atoms with van der Waals surface area (Å²) in [6.45, 7) is 1.68. The van der Waals surface area contributed by atoms with E-state index in [-0.39, 0.29) is 0 Å². The minimum Gasteiger partial charge on any atom is -0.388 e. The molecule has 1 aliphatic rings. The number of aliphatic hydroxyl groups excluding tert-OH is 3. The van der Waals surface area contributed by atoms with Crippen LogP contribution in [-0.2, 0) is 4.74 Å². The zero-order valence-corrected chi connectivity index (χ0v) is 18.5. The fraction of sp³-hybridized carbons (Fsp3) is 0.250. The number of fused-ring (bicyclic) bond motifs is 7. The predicted molar refractivity (Wildman–Crippen MR) is 126 cm³/mol. The molecule has 0 saturated carbocycles. The van der Waals surface area contributed by atoms with Gasteiger partial charge in [0.05, 0.1) is 22.7 Å². The molecule has 0 aliphatic carbocycles. The zero-order chi connectivity index (χ0) is 22.3. The quantitative estimate of drug-likeness (QED) is 0.285. The number of nitrogens with zero attached hydrogens (tertiary/aromatic N) is 1. The van der Waals surface area contributed by atoms with Gasteiger partial charge in [-0.05, 0) is 43.3 Å². The van der Waals surface area contributed by atoms with E-state index in [1.807, 2.05) is 47.0 Å². The minimum absolute atomic E-state index is 0.592. The molecule has 5 atom stereocenters. The fourth-order valence-electron chi connectivity index (χ4n) is 4.95. The number of aliphatic hydroxyl groups is 3. The Morgan fingerprint density at radius 3 is 2.28 bits per heavy atom. The van der Waals surface area contributed by atoms with Crippen LogP contribution in [0, 0.1) is 0 Å². The van der Waals surface area contributed by atoms with E-state index < -0.39 is 30.6 Å². The lowest BCUT2D eigenvalue weighted by Gasteiger charge is -2.40. The highest BCUT2D eigenvalue weighted by Crippen LogP contribution is 2.42. The van der Waals surface area contributed by atoms with Crippen LogP contribution in [0.5, 0.6) is 0 Å². The van der Waals surface area contributed by atoms with Crippen LogP contribution >= 0.6 is 23.2 Å². The van der Waals surface area contributed by atoms with Gasteiger partial charge in [-0.2, -0.15) is 0 Å². The molecule has 8 heteroatoms. The summed E-state index contributed by atoms with van der Waals surface area (Å²) in [6.07, 6.45) is -5.43. The Labute approximate surface area is 192 Å². The number of ether oxygens (including phenoxy) is 1. The van der Waals surface area contributed by atoms with Gasteiger partial charge in [0, 0.05) is 37.1 Å². The van der Waals surface area contributed by atoms with Crippen LogP contribution in [0.4, 0.5) is 0 Å². The summed E-state index contributed by atoms with van der Waals surface area (Å²) in [5.41, 5.74) is 3.40. The van der Waals surface area contributed by atoms with Crippen molar-refractivity contribution in [2.75, 3.05) is 0 Å². The maximum absolute atomic E-state index is 10.9. The Bertz CT molecular complexity index is 1530. The molecule has 3 heterocycles. The van der Waals surface area contributed by atoms with E-state index in [2.05, 4.69) is 4.98 Å². The standard InChI is InChI=1S/C24H20Cl2N2O4/c1-10-21(29)22(30)23(31)24(32-10)28-18-7-3-12(26)9-16(18)14-5-4-13-15-8-11(25)2-6-17(15)27-19(13)20(14)28/h2-10,21-24,27,29-31H,1H3. The highest BCUT2D eigenvalue weighted by Gasteiger charge is 2.43. The van der Waals surface area contributed by atoms with Crippen molar-refractivity contribution >= 4 is 66.8 Å². The molecule has 164 valence electrons. The fourth-order valence-corrected chi connectivity index (χ4v) is 5.30. The van der Waals surface area contributed by atoms with Gasteiger partial charge in [0.1, 0.15) is 18.3 Å². The summed E-state index contributed by atoms with van der Waals surface area (Å²) in [6, 6.07) is 15.3. The lowest BCUT2D eigenvalue weighted by Crippen LogP contribution is -2.54. The molecule has 1 saturated heterocycles. The number of aromatic nitrogens is 2. The van der Waals surface area contributed by atoms with Crippen LogP contribution in [0.15, 0.2) is 48.5 Å². The van der Waals surface area contributed by atoms with E-state index in [4.69, 9.17) is 27.9 Å². The molecule has 0 radical (unpaired) electrons. The Morgan fingerprint density at radius 1 is 0.812 bits per heavy atom. The molecule has 1 aliphatic heterocycles. The van der Waals surface area contributed by atoms with Gasteiger partial charge in [-0.25, -0.2) is 0 Å². The smallest absolute Gasteiger partial charge is 0.163 e. The average Bonchev–Trinajstić information content (AvgIpc) is 3.30. The zero-order valence-electron chi connectivity index (χ0n) is 17.0. The normalized spacial score (nSPS) is 26.6. The van der Waals surface area contributed by atoms with Crippen LogP contribution in [0.3, 0.4) is 0 Å². The average molecular weight is 471 g/mol. The summed E-state index contributed by atoms with van der Waals surface area (Å²) in [4.78, 5) is 3.49. The third kappa shape index (κ3) is 2.75. The SMILES string of the molecule is CC1OC(n2c3ccc(Cl)cc3c3ccc4c5cc(Cl)ccc5[nH]c4c32)C(O)C(O)C1O. The number of benzene rings is 3. The Morgan fingerprint density at radius 2 is 1.50 bits per heavy atom. The van der Waals surface area contributed by atoms with Crippen LogP contribution in [0.2, 0.25) is 10.0 Å². The van der Waals surface area contributed by atoms with Crippen LogP contribution in [0.1, 0.15) is 13.2 Å². The molecule has 0 bridgehead atoms. The third-order valence-corrected chi connectivity index (χ3v) is 7.01. The summed E-state index contributed by atoms with van der Waals surface area (Å²) in [7, 11) is 0. The lowest BCUT2D eigenvalue weighted by molar-refractivity contribution is -0.238. The topological polar surface area (TPSA) is 90.6 Å². The molecule has 0 spiro atoms. The first-order chi connectivity index (χ1) is 15.3. The molecule has 2 aromatic heterocycles. The van der Waals surface area contributed by atoms with E-state index in [0.29, 0.717) is 10.0 Å². The van der Waals surface area contributed by atoms with Gasteiger partial charge < -0.3 is 29.6 Å². The van der Waals surface area contributed by atoms with Gasteiger partial charge in [-0.1, -0.05) is 35.3 Å². The molecule has 4 N–H and O–H groups in total.